The van der Waals surface area contributed by atoms with Crippen LogP contribution in [0.2, 0.25) is 0 Å². The molecule has 1 unspecified atom stereocenters. The largest absolute Gasteiger partial charge is 0.329 e. The first-order chi connectivity index (χ1) is 8.58. The third-order valence-electron chi connectivity index (χ3n) is 2.22. The number of nitrogens with zero attached hydrogens (tertiary/aromatic N) is 1. The van der Waals surface area contributed by atoms with Crippen molar-refractivity contribution in [2.75, 3.05) is 6.54 Å². The molecule has 0 aromatic carbocycles. The number of thioether (sulfide) groups is 1. The molecule has 0 aliphatic heterocycles. The smallest absolute Gasteiger partial charge is 0.251 e. The molecule has 0 radical (unpaired) electrons. The molecular formula is C11H12BrN3OS2. The predicted octanol–water partition coefficient (Wildman–Crippen LogP) is 2.69. The minimum absolute atomic E-state index is 0.103. The lowest BCUT2D eigenvalue weighted by Gasteiger charge is -2.11. The predicted molar refractivity (Wildman–Crippen MR) is 79.3 cm³/mol. The van der Waals surface area contributed by atoms with Crippen LogP contribution in [0.3, 0.4) is 0 Å². The number of nitrogens with one attached hydrogen (secondary N) is 1. The SMILES string of the molecule is Cc1cc(=O)[nH]c(SC(CN)c2cc(Br)cs2)n1. The molecule has 18 heavy (non-hydrogen) atoms. The second-order valence-corrected chi connectivity index (χ2v) is 6.75. The van der Waals surface area contributed by atoms with Crippen LogP contribution in [0.1, 0.15) is 15.8 Å². The Bertz CT molecular complexity index is 596. The average molecular weight is 346 g/mol. The maximum Gasteiger partial charge on any atom is 0.251 e. The van der Waals surface area contributed by atoms with E-state index in [1.807, 2.05) is 11.4 Å². The molecule has 2 rings (SSSR count). The first kappa shape index (κ1) is 13.8. The summed E-state index contributed by atoms with van der Waals surface area (Å²) in [5.41, 5.74) is 6.37. The summed E-state index contributed by atoms with van der Waals surface area (Å²) in [5, 5.41) is 2.73. The summed E-state index contributed by atoms with van der Waals surface area (Å²) >= 11 is 6.55. The molecule has 7 heteroatoms. The molecule has 96 valence electrons. The first-order valence-electron chi connectivity index (χ1n) is 5.27. The molecule has 0 fully saturated rings. The van der Waals surface area contributed by atoms with Crippen molar-refractivity contribution in [3.05, 3.63) is 42.9 Å². The highest BCUT2D eigenvalue weighted by Crippen LogP contribution is 2.36. The average Bonchev–Trinajstić information content (AvgIpc) is 2.71. The second-order valence-electron chi connectivity index (χ2n) is 3.70. The molecule has 0 aliphatic rings. The van der Waals surface area contributed by atoms with Crippen LogP contribution in [0.15, 0.2) is 31.9 Å². The van der Waals surface area contributed by atoms with Crippen molar-refractivity contribution in [1.82, 2.24) is 9.97 Å². The maximum atomic E-state index is 11.4. The topological polar surface area (TPSA) is 71.8 Å². The van der Waals surface area contributed by atoms with Gasteiger partial charge >= 0.3 is 0 Å². The molecule has 0 bridgehead atoms. The number of rotatable bonds is 4. The Morgan fingerprint density at radius 1 is 1.61 bits per heavy atom. The van der Waals surface area contributed by atoms with Crippen LogP contribution >= 0.6 is 39.0 Å². The molecule has 2 aromatic rings. The molecule has 4 nitrogen and oxygen atoms in total. The summed E-state index contributed by atoms with van der Waals surface area (Å²) in [6.45, 7) is 2.30. The van der Waals surface area contributed by atoms with Crippen LogP contribution in [-0.4, -0.2) is 16.5 Å². The van der Waals surface area contributed by atoms with Crippen molar-refractivity contribution in [1.29, 1.82) is 0 Å². The van der Waals surface area contributed by atoms with Gasteiger partial charge in [0.2, 0.25) is 0 Å². The summed E-state index contributed by atoms with van der Waals surface area (Å²) in [7, 11) is 0. The summed E-state index contributed by atoms with van der Waals surface area (Å²) < 4.78 is 1.05. The first-order valence-corrected chi connectivity index (χ1v) is 7.82. The molecular weight excluding hydrogens is 334 g/mol. The van der Waals surface area contributed by atoms with Gasteiger partial charge in [-0.1, -0.05) is 11.8 Å². The van der Waals surface area contributed by atoms with Crippen LogP contribution < -0.4 is 11.3 Å². The van der Waals surface area contributed by atoms with Crippen molar-refractivity contribution in [3.8, 4) is 0 Å². The number of aromatic amines is 1. The molecule has 3 N–H and O–H groups in total. The van der Waals surface area contributed by atoms with E-state index >= 15 is 0 Å². The lowest BCUT2D eigenvalue weighted by Crippen LogP contribution is -2.12. The summed E-state index contributed by atoms with van der Waals surface area (Å²) in [6.07, 6.45) is 0. The molecule has 0 saturated heterocycles. The Kier molecular flexibility index (Phi) is 4.60. The number of nitrogens with two attached hydrogens (primary N) is 1. The Morgan fingerprint density at radius 2 is 2.39 bits per heavy atom. The van der Waals surface area contributed by atoms with Crippen LogP contribution in [0.25, 0.3) is 0 Å². The maximum absolute atomic E-state index is 11.4. The van der Waals surface area contributed by atoms with Crippen molar-refractivity contribution in [2.24, 2.45) is 5.73 Å². The van der Waals surface area contributed by atoms with Gasteiger partial charge in [0.05, 0.1) is 5.25 Å². The van der Waals surface area contributed by atoms with Gasteiger partial charge in [-0.2, -0.15) is 0 Å². The summed E-state index contributed by atoms with van der Waals surface area (Å²) in [6, 6.07) is 3.52. The number of hydrogen-bond donors (Lipinski definition) is 2. The fraction of sp³-hybridized carbons (Fsp3) is 0.273. The van der Waals surface area contributed by atoms with E-state index in [2.05, 4.69) is 25.9 Å². The number of halogens is 1. The fourth-order valence-electron chi connectivity index (χ4n) is 1.46. The van der Waals surface area contributed by atoms with Gasteiger partial charge in [-0.15, -0.1) is 11.3 Å². The second kappa shape index (κ2) is 6.01. The van der Waals surface area contributed by atoms with E-state index in [-0.39, 0.29) is 10.8 Å². The van der Waals surface area contributed by atoms with Gasteiger partial charge in [0.1, 0.15) is 0 Å². The zero-order chi connectivity index (χ0) is 13.1. The van der Waals surface area contributed by atoms with Crippen LogP contribution in [0.4, 0.5) is 0 Å². The highest BCUT2D eigenvalue weighted by molar-refractivity contribution is 9.10. The number of aryl methyl sites for hydroxylation is 1. The molecule has 0 amide bonds. The Balaban J connectivity index is 2.22. The third kappa shape index (κ3) is 3.44. The lowest BCUT2D eigenvalue weighted by molar-refractivity contribution is 0.884. The van der Waals surface area contributed by atoms with Crippen molar-refractivity contribution >= 4 is 39.0 Å². The standard InChI is InChI=1S/C11H12BrN3OS2/c1-6-2-10(16)15-11(14-6)18-9(4-13)8-3-7(12)5-17-8/h2-3,5,9H,4,13H2,1H3,(H,14,15,16). The van der Waals surface area contributed by atoms with E-state index < -0.39 is 0 Å². The zero-order valence-electron chi connectivity index (χ0n) is 9.64. The van der Waals surface area contributed by atoms with E-state index in [4.69, 9.17) is 5.73 Å². The van der Waals surface area contributed by atoms with Crippen LogP contribution in [-0.2, 0) is 0 Å². The van der Waals surface area contributed by atoms with Gasteiger partial charge in [0.15, 0.2) is 5.16 Å². The zero-order valence-corrected chi connectivity index (χ0v) is 12.9. The van der Waals surface area contributed by atoms with E-state index in [9.17, 15) is 4.79 Å². The quantitative estimate of drug-likeness (QED) is 0.660. The van der Waals surface area contributed by atoms with Gasteiger partial charge in [0, 0.05) is 33.0 Å². The van der Waals surface area contributed by atoms with Gasteiger partial charge in [-0.25, -0.2) is 4.98 Å². The Hall–Kier alpha value is -0.630. The Labute approximate surface area is 121 Å². The molecule has 2 aromatic heterocycles. The van der Waals surface area contributed by atoms with Gasteiger partial charge < -0.3 is 10.7 Å². The van der Waals surface area contributed by atoms with E-state index in [1.54, 1.807) is 18.3 Å². The van der Waals surface area contributed by atoms with Crippen molar-refractivity contribution < 1.29 is 0 Å². The molecule has 0 saturated carbocycles. The highest BCUT2D eigenvalue weighted by Gasteiger charge is 2.15. The number of hydrogen-bond acceptors (Lipinski definition) is 5. The number of thiophene rings is 1. The molecule has 1 atom stereocenters. The highest BCUT2D eigenvalue weighted by atomic mass is 79.9. The molecule has 2 heterocycles. The van der Waals surface area contributed by atoms with Crippen molar-refractivity contribution in [3.63, 3.8) is 0 Å². The summed E-state index contributed by atoms with van der Waals surface area (Å²) in [4.78, 5) is 19.6. The fourth-order valence-corrected chi connectivity index (χ4v) is 4.12. The van der Waals surface area contributed by atoms with Crippen LogP contribution in [0, 0.1) is 6.92 Å². The van der Waals surface area contributed by atoms with E-state index in [0.29, 0.717) is 17.4 Å². The molecule has 0 aliphatic carbocycles. The number of aromatic nitrogens is 2. The monoisotopic (exact) mass is 345 g/mol. The minimum Gasteiger partial charge on any atom is -0.329 e. The van der Waals surface area contributed by atoms with Gasteiger partial charge in [-0.3, -0.25) is 4.79 Å². The van der Waals surface area contributed by atoms with Crippen molar-refractivity contribution in [2.45, 2.75) is 17.3 Å². The normalized spacial score (nSPS) is 12.6. The Morgan fingerprint density at radius 3 is 2.94 bits per heavy atom. The van der Waals surface area contributed by atoms with E-state index in [0.717, 1.165) is 4.47 Å². The van der Waals surface area contributed by atoms with E-state index in [1.165, 1.54) is 22.7 Å². The van der Waals surface area contributed by atoms with Gasteiger partial charge in [-0.05, 0) is 28.9 Å². The third-order valence-corrected chi connectivity index (χ3v) is 5.32. The molecule has 0 spiro atoms. The lowest BCUT2D eigenvalue weighted by atomic mass is 10.3. The number of H-pyrrole nitrogens is 1. The van der Waals surface area contributed by atoms with Crippen LogP contribution in [0.5, 0.6) is 0 Å². The van der Waals surface area contributed by atoms with Gasteiger partial charge in [0.25, 0.3) is 5.56 Å². The minimum atomic E-state index is -0.131. The summed E-state index contributed by atoms with van der Waals surface area (Å²) in [5.74, 6) is 0.